The molecule has 0 amide bonds. The molecule has 0 aromatic carbocycles. The van der Waals surface area contributed by atoms with Gasteiger partial charge in [-0.3, -0.25) is 5.43 Å². The Kier molecular flexibility index (Phi) is 3.36. The summed E-state index contributed by atoms with van der Waals surface area (Å²) in [6, 6.07) is 0. The number of ether oxygens (including phenoxy) is 1. The molecule has 0 unspecified atom stereocenters. The number of aromatic nitrogens is 2. The van der Waals surface area contributed by atoms with Crippen molar-refractivity contribution in [2.24, 2.45) is 5.10 Å². The molecule has 2 N–H and O–H groups in total. The fourth-order valence-electron chi connectivity index (χ4n) is 1.95. The van der Waals surface area contributed by atoms with Gasteiger partial charge in [-0.25, -0.2) is 9.97 Å². The molecule has 0 fully saturated rings. The number of nitrogens with one attached hydrogen (secondary N) is 1. The lowest BCUT2D eigenvalue weighted by Gasteiger charge is -2.25. The van der Waals surface area contributed by atoms with E-state index in [2.05, 4.69) is 20.5 Å². The van der Waals surface area contributed by atoms with E-state index in [1.54, 1.807) is 0 Å². The van der Waals surface area contributed by atoms with E-state index < -0.39 is 0 Å². The Morgan fingerprint density at radius 1 is 1.00 bits per heavy atom. The smallest absolute Gasteiger partial charge is 0.278 e. The van der Waals surface area contributed by atoms with Crippen LogP contribution in [0, 0.1) is 0 Å². The van der Waals surface area contributed by atoms with Crippen LogP contribution in [-0.2, 0) is 15.6 Å². The molecule has 1 aliphatic rings. The summed E-state index contributed by atoms with van der Waals surface area (Å²) in [7, 11) is 0. The van der Waals surface area contributed by atoms with Crippen molar-refractivity contribution in [1.82, 2.24) is 15.4 Å². The number of rotatable bonds is 1. The van der Waals surface area contributed by atoms with Gasteiger partial charge in [0.25, 0.3) is 5.90 Å². The van der Waals surface area contributed by atoms with Crippen LogP contribution >= 0.6 is 0 Å². The van der Waals surface area contributed by atoms with Crippen LogP contribution in [0.3, 0.4) is 0 Å². The zero-order chi connectivity index (χ0) is 15.1. The quantitative estimate of drug-likeness (QED) is 0.821. The fraction of sp³-hybridized carbons (Fsp3) is 0.643. The zero-order valence-corrected chi connectivity index (χ0v) is 12.9. The predicted octanol–water partition coefficient (Wildman–Crippen LogP) is 2.02. The van der Waals surface area contributed by atoms with E-state index in [0.717, 1.165) is 0 Å². The normalized spacial score (nSPS) is 15.6. The largest absolute Gasteiger partial charge is 0.504 e. The Hall–Kier alpha value is -1.85. The molecule has 6 nitrogen and oxygen atoms in total. The van der Waals surface area contributed by atoms with Crippen molar-refractivity contribution >= 4 is 5.90 Å². The first kappa shape index (κ1) is 14.6. The summed E-state index contributed by atoms with van der Waals surface area (Å²) in [6.07, 6.45) is 0. The summed E-state index contributed by atoms with van der Waals surface area (Å²) >= 11 is 0. The maximum atomic E-state index is 10.5. The highest BCUT2D eigenvalue weighted by atomic mass is 16.5. The average molecular weight is 278 g/mol. The first-order chi connectivity index (χ1) is 9.10. The molecule has 2 rings (SSSR count). The maximum absolute atomic E-state index is 10.5. The Bertz CT molecular complexity index is 518. The van der Waals surface area contributed by atoms with Crippen molar-refractivity contribution in [2.45, 2.75) is 52.4 Å². The van der Waals surface area contributed by atoms with E-state index >= 15 is 0 Å². The zero-order valence-electron chi connectivity index (χ0n) is 12.9. The lowest BCUT2D eigenvalue weighted by molar-refractivity contribution is 0.314. The second-order valence-corrected chi connectivity index (χ2v) is 6.96. The standard InChI is InChI=1S/C14H22N4O2/c1-13(2,3)9-8(19)10(14(4,5)6)17-11(16-9)12-18-15-7-20-12/h15,19H,7H2,1-6H3. The van der Waals surface area contributed by atoms with Gasteiger partial charge in [0.2, 0.25) is 5.82 Å². The minimum absolute atomic E-state index is 0.153. The molecule has 1 aromatic heterocycles. The molecule has 0 saturated heterocycles. The number of hydrogen-bond acceptors (Lipinski definition) is 6. The molecule has 1 aliphatic heterocycles. The van der Waals surface area contributed by atoms with Crippen LogP contribution in [0.2, 0.25) is 0 Å². The van der Waals surface area contributed by atoms with Gasteiger partial charge in [0.05, 0.1) is 11.4 Å². The average Bonchev–Trinajstić information content (AvgIpc) is 2.79. The highest BCUT2D eigenvalue weighted by Gasteiger charge is 2.31. The first-order valence-electron chi connectivity index (χ1n) is 6.66. The van der Waals surface area contributed by atoms with Crippen molar-refractivity contribution in [3.05, 3.63) is 17.2 Å². The van der Waals surface area contributed by atoms with E-state index in [1.807, 2.05) is 41.5 Å². The number of hydrogen-bond donors (Lipinski definition) is 2. The summed E-state index contributed by atoms with van der Waals surface area (Å²) in [5.74, 6) is 0.920. The predicted molar refractivity (Wildman–Crippen MR) is 76.7 cm³/mol. The van der Waals surface area contributed by atoms with Crippen molar-refractivity contribution < 1.29 is 9.84 Å². The number of hydrazone groups is 1. The lowest BCUT2D eigenvalue weighted by atomic mass is 9.85. The Balaban J connectivity index is 2.66. The topological polar surface area (TPSA) is 79.6 Å². The van der Waals surface area contributed by atoms with Crippen molar-refractivity contribution in [3.8, 4) is 5.75 Å². The van der Waals surface area contributed by atoms with Crippen molar-refractivity contribution in [2.75, 3.05) is 6.73 Å². The van der Waals surface area contributed by atoms with Crippen LogP contribution < -0.4 is 5.43 Å². The van der Waals surface area contributed by atoms with Gasteiger partial charge >= 0.3 is 0 Å². The van der Waals surface area contributed by atoms with Crippen LogP contribution in [-0.4, -0.2) is 27.7 Å². The number of nitrogens with zero attached hydrogens (tertiary/aromatic N) is 3. The van der Waals surface area contributed by atoms with Crippen LogP contribution in [0.4, 0.5) is 0 Å². The van der Waals surface area contributed by atoms with Gasteiger partial charge in [0.15, 0.2) is 12.5 Å². The molecule has 20 heavy (non-hydrogen) atoms. The van der Waals surface area contributed by atoms with E-state index in [0.29, 0.717) is 29.8 Å². The second kappa shape index (κ2) is 4.61. The van der Waals surface area contributed by atoms with Gasteiger partial charge in [0, 0.05) is 10.8 Å². The molecular weight excluding hydrogens is 256 g/mol. The summed E-state index contributed by atoms with van der Waals surface area (Å²) in [4.78, 5) is 8.89. The van der Waals surface area contributed by atoms with E-state index in [-0.39, 0.29) is 16.6 Å². The fourth-order valence-corrected chi connectivity index (χ4v) is 1.95. The minimum Gasteiger partial charge on any atom is -0.504 e. The van der Waals surface area contributed by atoms with Gasteiger partial charge in [-0.1, -0.05) is 41.5 Å². The molecule has 0 spiro atoms. The van der Waals surface area contributed by atoms with Crippen molar-refractivity contribution in [1.29, 1.82) is 0 Å². The molecule has 0 atom stereocenters. The molecule has 0 saturated carbocycles. The van der Waals surface area contributed by atoms with E-state index in [1.165, 1.54) is 0 Å². The monoisotopic (exact) mass is 278 g/mol. The Morgan fingerprint density at radius 3 is 1.85 bits per heavy atom. The number of aromatic hydroxyl groups is 1. The minimum atomic E-state index is -0.297. The third kappa shape index (κ3) is 2.69. The molecule has 0 bridgehead atoms. The van der Waals surface area contributed by atoms with Gasteiger partial charge in [-0.15, -0.1) is 5.10 Å². The SMILES string of the molecule is CC(C)(C)c1nc(C2=NNCO2)nc(C(C)(C)C)c1O. The molecule has 1 aromatic rings. The summed E-state index contributed by atoms with van der Waals surface area (Å²) in [6.45, 7) is 12.3. The summed E-state index contributed by atoms with van der Waals surface area (Å²) in [5, 5.41) is 14.5. The molecule has 0 radical (unpaired) electrons. The van der Waals surface area contributed by atoms with Gasteiger partial charge in [-0.05, 0) is 0 Å². The molecule has 6 heteroatoms. The summed E-state index contributed by atoms with van der Waals surface area (Å²) in [5.41, 5.74) is 3.34. The van der Waals surface area contributed by atoms with E-state index in [4.69, 9.17) is 4.74 Å². The third-order valence-corrected chi connectivity index (χ3v) is 2.95. The molecular formula is C14H22N4O2. The summed E-state index contributed by atoms with van der Waals surface area (Å²) < 4.78 is 5.35. The first-order valence-corrected chi connectivity index (χ1v) is 6.66. The van der Waals surface area contributed by atoms with Gasteiger partial charge < -0.3 is 9.84 Å². The van der Waals surface area contributed by atoms with Crippen LogP contribution in [0.5, 0.6) is 5.75 Å². The highest BCUT2D eigenvalue weighted by Crippen LogP contribution is 2.36. The van der Waals surface area contributed by atoms with Gasteiger partial charge in [0.1, 0.15) is 0 Å². The molecule has 2 heterocycles. The van der Waals surface area contributed by atoms with Crippen molar-refractivity contribution in [3.63, 3.8) is 0 Å². The maximum Gasteiger partial charge on any atom is 0.278 e. The Morgan fingerprint density at radius 2 is 1.50 bits per heavy atom. The van der Waals surface area contributed by atoms with Gasteiger partial charge in [-0.2, -0.15) is 0 Å². The third-order valence-electron chi connectivity index (χ3n) is 2.95. The molecule has 110 valence electrons. The Labute approximate surface area is 119 Å². The van der Waals surface area contributed by atoms with E-state index in [9.17, 15) is 5.11 Å². The van der Waals surface area contributed by atoms with Crippen LogP contribution in [0.25, 0.3) is 0 Å². The molecule has 0 aliphatic carbocycles. The van der Waals surface area contributed by atoms with Crippen LogP contribution in [0.1, 0.15) is 58.8 Å². The lowest BCUT2D eigenvalue weighted by Crippen LogP contribution is -2.24. The second-order valence-electron chi connectivity index (χ2n) is 6.96. The highest BCUT2D eigenvalue weighted by molar-refractivity contribution is 5.91. The van der Waals surface area contributed by atoms with Crippen LogP contribution in [0.15, 0.2) is 5.10 Å².